The number of benzene rings is 1. The van der Waals surface area contributed by atoms with E-state index < -0.39 is 0 Å². The number of hydrogen-bond acceptors (Lipinski definition) is 5. The largest absolute Gasteiger partial charge is 0.399 e. The van der Waals surface area contributed by atoms with Crippen LogP contribution in [0.25, 0.3) is 0 Å². The Morgan fingerprint density at radius 2 is 2.04 bits per heavy atom. The van der Waals surface area contributed by atoms with Gasteiger partial charge in [-0.1, -0.05) is 23.8 Å². The average molecular weight is 342 g/mol. The Morgan fingerprint density at radius 3 is 2.71 bits per heavy atom. The highest BCUT2D eigenvalue weighted by molar-refractivity contribution is 6.32. The molecule has 0 spiro atoms. The van der Waals surface area contributed by atoms with Crippen LogP contribution in [-0.4, -0.2) is 9.97 Å². The third-order valence-corrected chi connectivity index (χ3v) is 4.09. The fourth-order valence-corrected chi connectivity index (χ4v) is 2.47. The number of nitrogens with two attached hydrogens (primary N) is 1. The quantitative estimate of drug-likeness (QED) is 0.522. The molecule has 124 valence electrons. The first-order chi connectivity index (χ1) is 11.5. The van der Waals surface area contributed by atoms with Crippen molar-refractivity contribution in [1.82, 2.24) is 9.97 Å². The van der Waals surface area contributed by atoms with Gasteiger partial charge in [-0.2, -0.15) is 4.98 Å². The van der Waals surface area contributed by atoms with Crippen LogP contribution >= 0.6 is 11.6 Å². The number of halogens is 1. The van der Waals surface area contributed by atoms with E-state index in [9.17, 15) is 0 Å². The second-order valence-corrected chi connectivity index (χ2v) is 6.36. The van der Waals surface area contributed by atoms with Gasteiger partial charge in [0.25, 0.3) is 0 Å². The van der Waals surface area contributed by atoms with Crippen LogP contribution in [0.1, 0.15) is 19.8 Å². The van der Waals surface area contributed by atoms with Crippen molar-refractivity contribution >= 4 is 34.7 Å². The lowest BCUT2D eigenvalue weighted by molar-refractivity contribution is 1.00. The first-order valence-electron chi connectivity index (χ1n) is 7.80. The summed E-state index contributed by atoms with van der Waals surface area (Å²) in [5, 5.41) is 6.71. The molecule has 1 heterocycles. The van der Waals surface area contributed by atoms with Crippen molar-refractivity contribution in [3.05, 3.63) is 59.4 Å². The van der Waals surface area contributed by atoms with Crippen molar-refractivity contribution in [3.8, 4) is 0 Å². The van der Waals surface area contributed by atoms with E-state index >= 15 is 0 Å². The molecule has 0 aliphatic heterocycles. The van der Waals surface area contributed by atoms with Gasteiger partial charge in [-0.25, -0.2) is 4.98 Å². The topological polar surface area (TPSA) is 75.9 Å². The minimum Gasteiger partial charge on any atom is -0.399 e. The molecule has 1 fully saturated rings. The van der Waals surface area contributed by atoms with Gasteiger partial charge in [0.15, 0.2) is 5.82 Å². The molecular weight excluding hydrogens is 322 g/mol. The molecule has 0 bridgehead atoms. The molecule has 5 nitrogen and oxygen atoms in total. The SMILES string of the molecule is C=C(/C=C(\C)C1CC1)Nc1nc(Nc2ccc(N)cc2)ncc1Cl. The fraction of sp³-hybridized carbons (Fsp3) is 0.222. The average Bonchev–Trinajstić information content (AvgIpc) is 3.37. The molecule has 3 rings (SSSR count). The second kappa shape index (κ2) is 6.93. The number of nitrogens with one attached hydrogen (secondary N) is 2. The molecule has 0 saturated heterocycles. The molecule has 1 aromatic carbocycles. The van der Waals surface area contributed by atoms with Crippen molar-refractivity contribution in [1.29, 1.82) is 0 Å². The van der Waals surface area contributed by atoms with Crippen molar-refractivity contribution in [3.63, 3.8) is 0 Å². The Balaban J connectivity index is 1.72. The summed E-state index contributed by atoms with van der Waals surface area (Å²) >= 11 is 6.18. The minimum atomic E-state index is 0.441. The van der Waals surface area contributed by atoms with Gasteiger partial charge in [0.05, 0.1) is 6.20 Å². The second-order valence-electron chi connectivity index (χ2n) is 5.95. The fourth-order valence-electron chi connectivity index (χ4n) is 2.33. The molecule has 1 aromatic heterocycles. The summed E-state index contributed by atoms with van der Waals surface area (Å²) in [6.45, 7) is 6.15. The van der Waals surface area contributed by atoms with Gasteiger partial charge < -0.3 is 16.4 Å². The predicted molar refractivity (Wildman–Crippen MR) is 100 cm³/mol. The third kappa shape index (κ3) is 4.26. The summed E-state index contributed by atoms with van der Waals surface area (Å²) in [5.41, 5.74) is 9.33. The first kappa shape index (κ1) is 16.3. The highest BCUT2D eigenvalue weighted by Crippen LogP contribution is 2.36. The van der Waals surface area contributed by atoms with E-state index in [1.165, 1.54) is 18.4 Å². The monoisotopic (exact) mass is 341 g/mol. The number of nitrogen functional groups attached to an aromatic ring is 1. The lowest BCUT2D eigenvalue weighted by Crippen LogP contribution is -2.04. The predicted octanol–water partition coefficient (Wildman–Crippen LogP) is 4.74. The maximum absolute atomic E-state index is 6.18. The Hall–Kier alpha value is -2.53. The molecule has 24 heavy (non-hydrogen) atoms. The molecule has 0 radical (unpaired) electrons. The smallest absolute Gasteiger partial charge is 0.229 e. The lowest BCUT2D eigenvalue weighted by Gasteiger charge is -2.11. The van der Waals surface area contributed by atoms with E-state index in [0.717, 1.165) is 11.4 Å². The zero-order valence-electron chi connectivity index (χ0n) is 13.5. The Labute approximate surface area is 146 Å². The van der Waals surface area contributed by atoms with Crippen LogP contribution in [0, 0.1) is 5.92 Å². The zero-order valence-corrected chi connectivity index (χ0v) is 14.3. The van der Waals surface area contributed by atoms with E-state index in [1.54, 1.807) is 6.20 Å². The molecule has 1 aliphatic rings. The summed E-state index contributed by atoms with van der Waals surface area (Å²) < 4.78 is 0. The summed E-state index contributed by atoms with van der Waals surface area (Å²) in [5.74, 6) is 1.67. The van der Waals surface area contributed by atoms with Crippen molar-refractivity contribution in [2.45, 2.75) is 19.8 Å². The van der Waals surface area contributed by atoms with E-state index in [-0.39, 0.29) is 0 Å². The Morgan fingerprint density at radius 1 is 1.33 bits per heavy atom. The number of rotatable bonds is 6. The normalized spacial score (nSPS) is 14.3. The van der Waals surface area contributed by atoms with Crippen molar-refractivity contribution in [2.75, 3.05) is 16.4 Å². The molecule has 4 N–H and O–H groups in total. The summed E-state index contributed by atoms with van der Waals surface area (Å²) in [4.78, 5) is 8.60. The maximum Gasteiger partial charge on any atom is 0.229 e. The molecule has 0 atom stereocenters. The van der Waals surface area contributed by atoms with Crippen LogP contribution in [0.2, 0.25) is 5.02 Å². The van der Waals surface area contributed by atoms with E-state index in [1.807, 2.05) is 30.3 Å². The van der Waals surface area contributed by atoms with Gasteiger partial charge in [-0.15, -0.1) is 0 Å². The number of allylic oxidation sites excluding steroid dienone is 2. The molecule has 1 saturated carbocycles. The van der Waals surface area contributed by atoms with Crippen LogP contribution in [-0.2, 0) is 0 Å². The molecule has 0 amide bonds. The van der Waals surface area contributed by atoms with Crippen LogP contribution in [0.3, 0.4) is 0 Å². The van der Waals surface area contributed by atoms with Gasteiger partial charge in [-0.3, -0.25) is 0 Å². The number of anilines is 4. The van der Waals surface area contributed by atoms with E-state index in [4.69, 9.17) is 17.3 Å². The van der Waals surface area contributed by atoms with E-state index in [2.05, 4.69) is 34.1 Å². The van der Waals surface area contributed by atoms with E-state index in [0.29, 0.717) is 28.4 Å². The zero-order chi connectivity index (χ0) is 17.1. The van der Waals surface area contributed by atoms with Crippen molar-refractivity contribution in [2.24, 2.45) is 5.92 Å². The molecule has 0 unspecified atom stereocenters. The lowest BCUT2D eigenvalue weighted by atomic mass is 10.1. The Bertz CT molecular complexity index is 778. The molecular formula is C18H20ClN5. The van der Waals surface area contributed by atoms with Crippen LogP contribution in [0.5, 0.6) is 0 Å². The summed E-state index contributed by atoms with van der Waals surface area (Å²) in [7, 11) is 0. The van der Waals surface area contributed by atoms with Gasteiger partial charge in [-0.05, 0) is 56.0 Å². The molecule has 2 aromatic rings. The summed E-state index contributed by atoms with van der Waals surface area (Å²) in [6, 6.07) is 7.34. The van der Waals surface area contributed by atoms with Crippen molar-refractivity contribution < 1.29 is 0 Å². The van der Waals surface area contributed by atoms with Crippen LogP contribution in [0.15, 0.2) is 54.4 Å². The first-order valence-corrected chi connectivity index (χ1v) is 8.18. The molecule has 1 aliphatic carbocycles. The maximum atomic E-state index is 6.18. The molecule has 6 heteroatoms. The highest BCUT2D eigenvalue weighted by atomic mass is 35.5. The number of hydrogen-bond donors (Lipinski definition) is 3. The highest BCUT2D eigenvalue weighted by Gasteiger charge is 2.22. The summed E-state index contributed by atoms with van der Waals surface area (Å²) in [6.07, 6.45) is 6.13. The van der Waals surface area contributed by atoms with Gasteiger partial charge in [0.1, 0.15) is 5.02 Å². The van der Waals surface area contributed by atoms with Crippen LogP contribution < -0.4 is 16.4 Å². The Kier molecular flexibility index (Phi) is 4.71. The van der Waals surface area contributed by atoms with Gasteiger partial charge in [0.2, 0.25) is 5.95 Å². The minimum absolute atomic E-state index is 0.441. The van der Waals surface area contributed by atoms with Crippen LogP contribution in [0.4, 0.5) is 23.1 Å². The van der Waals surface area contributed by atoms with Gasteiger partial charge >= 0.3 is 0 Å². The number of nitrogens with zero attached hydrogens (tertiary/aromatic N) is 2. The van der Waals surface area contributed by atoms with Gasteiger partial charge in [0, 0.05) is 17.1 Å². The standard InChI is InChI=1S/C18H20ClN5/c1-11(13-3-4-13)9-12(2)22-17-16(19)10-21-18(24-17)23-15-7-5-14(20)6-8-15/h5-10,13H,2-4,20H2,1H3,(H2,21,22,23,24)/b11-9+. The third-order valence-electron chi connectivity index (χ3n) is 3.81. The number of aromatic nitrogens is 2.